The van der Waals surface area contributed by atoms with E-state index >= 15 is 0 Å². The summed E-state index contributed by atoms with van der Waals surface area (Å²) in [6.45, 7) is 3.72. The Kier molecular flexibility index (Phi) is 4.66. The van der Waals surface area contributed by atoms with Crippen LogP contribution in [0.1, 0.15) is 25.8 Å². The van der Waals surface area contributed by atoms with Crippen LogP contribution in [0.15, 0.2) is 24.3 Å². The molecule has 0 aliphatic carbocycles. The fraction of sp³-hybridized carbons (Fsp3) is 0.462. The fourth-order valence-electron chi connectivity index (χ4n) is 1.32. The molecule has 1 aromatic carbocycles. The van der Waals surface area contributed by atoms with Crippen LogP contribution in [-0.2, 0) is 11.2 Å². The van der Waals surface area contributed by atoms with E-state index in [4.69, 9.17) is 10.8 Å². The standard InChI is InChI=1S/C13H20N2O2/c1-3-13(2,14)12(17)15-11-6-4-10(5-7-11)8-9-16/h4-7,16H,3,8-9,14H2,1-2H3,(H,15,17). The summed E-state index contributed by atoms with van der Waals surface area (Å²) in [4.78, 5) is 11.8. The lowest BCUT2D eigenvalue weighted by Gasteiger charge is -2.21. The molecule has 1 amide bonds. The summed E-state index contributed by atoms with van der Waals surface area (Å²) in [5.41, 5.74) is 6.76. The van der Waals surface area contributed by atoms with Gasteiger partial charge in [-0.05, 0) is 37.5 Å². The number of aliphatic hydroxyl groups is 1. The van der Waals surface area contributed by atoms with E-state index < -0.39 is 5.54 Å². The number of hydrogen-bond acceptors (Lipinski definition) is 3. The zero-order valence-corrected chi connectivity index (χ0v) is 10.4. The number of aliphatic hydroxyl groups excluding tert-OH is 1. The number of carbonyl (C=O) groups is 1. The van der Waals surface area contributed by atoms with Crippen LogP contribution in [-0.4, -0.2) is 23.2 Å². The Morgan fingerprint density at radius 3 is 2.47 bits per heavy atom. The van der Waals surface area contributed by atoms with E-state index in [0.29, 0.717) is 12.8 Å². The van der Waals surface area contributed by atoms with Crippen LogP contribution in [0.4, 0.5) is 5.69 Å². The third-order valence-corrected chi connectivity index (χ3v) is 2.87. The van der Waals surface area contributed by atoms with Crippen molar-refractivity contribution >= 4 is 11.6 Å². The van der Waals surface area contributed by atoms with Crippen LogP contribution in [0.2, 0.25) is 0 Å². The van der Waals surface area contributed by atoms with Gasteiger partial charge >= 0.3 is 0 Å². The molecule has 0 saturated carbocycles. The van der Waals surface area contributed by atoms with Gasteiger partial charge in [0.15, 0.2) is 0 Å². The van der Waals surface area contributed by atoms with E-state index in [9.17, 15) is 4.79 Å². The molecule has 1 aromatic rings. The van der Waals surface area contributed by atoms with E-state index in [1.165, 1.54) is 0 Å². The average Bonchev–Trinajstić information content (AvgIpc) is 2.32. The molecule has 0 radical (unpaired) electrons. The number of rotatable bonds is 5. The molecule has 4 nitrogen and oxygen atoms in total. The molecular formula is C13H20N2O2. The maximum absolute atomic E-state index is 11.8. The minimum atomic E-state index is -0.843. The Morgan fingerprint density at radius 2 is 2.00 bits per heavy atom. The molecule has 0 fully saturated rings. The maximum Gasteiger partial charge on any atom is 0.244 e. The number of benzene rings is 1. The monoisotopic (exact) mass is 236 g/mol. The Morgan fingerprint density at radius 1 is 1.41 bits per heavy atom. The summed E-state index contributed by atoms with van der Waals surface area (Å²) < 4.78 is 0. The van der Waals surface area contributed by atoms with Gasteiger partial charge < -0.3 is 16.2 Å². The van der Waals surface area contributed by atoms with Gasteiger partial charge in [-0.25, -0.2) is 0 Å². The van der Waals surface area contributed by atoms with Crippen LogP contribution in [0, 0.1) is 0 Å². The molecule has 0 aliphatic rings. The first kappa shape index (κ1) is 13.7. The van der Waals surface area contributed by atoms with E-state index in [2.05, 4.69) is 5.32 Å². The Balaban J connectivity index is 2.66. The van der Waals surface area contributed by atoms with Crippen LogP contribution in [0.3, 0.4) is 0 Å². The van der Waals surface area contributed by atoms with Gasteiger partial charge in [-0.1, -0.05) is 19.1 Å². The molecule has 1 atom stereocenters. The molecule has 4 heteroatoms. The average molecular weight is 236 g/mol. The van der Waals surface area contributed by atoms with Gasteiger partial charge in [0.1, 0.15) is 0 Å². The lowest BCUT2D eigenvalue weighted by Crippen LogP contribution is -2.47. The van der Waals surface area contributed by atoms with E-state index in [0.717, 1.165) is 11.3 Å². The molecule has 0 aliphatic heterocycles. The Hall–Kier alpha value is -1.39. The minimum Gasteiger partial charge on any atom is -0.396 e. The summed E-state index contributed by atoms with van der Waals surface area (Å²) in [6, 6.07) is 7.39. The lowest BCUT2D eigenvalue weighted by atomic mass is 9.99. The molecule has 0 heterocycles. The second-order valence-corrected chi connectivity index (χ2v) is 4.40. The predicted molar refractivity (Wildman–Crippen MR) is 68.7 cm³/mol. The predicted octanol–water partition coefficient (Wildman–Crippen LogP) is 1.29. The first-order valence-electron chi connectivity index (χ1n) is 5.79. The van der Waals surface area contributed by atoms with Gasteiger partial charge in [0, 0.05) is 12.3 Å². The van der Waals surface area contributed by atoms with Gasteiger partial charge in [0.25, 0.3) is 0 Å². The zero-order valence-electron chi connectivity index (χ0n) is 10.4. The summed E-state index contributed by atoms with van der Waals surface area (Å²) >= 11 is 0. The SMILES string of the molecule is CCC(C)(N)C(=O)Nc1ccc(CCO)cc1. The highest BCUT2D eigenvalue weighted by Crippen LogP contribution is 2.13. The highest BCUT2D eigenvalue weighted by Gasteiger charge is 2.25. The molecule has 0 saturated heterocycles. The Bertz CT molecular complexity index is 372. The normalized spacial score (nSPS) is 14.1. The van der Waals surface area contributed by atoms with Crippen molar-refractivity contribution in [3.63, 3.8) is 0 Å². The molecule has 4 N–H and O–H groups in total. The number of carbonyl (C=O) groups excluding carboxylic acids is 1. The number of hydrogen-bond donors (Lipinski definition) is 3. The first-order valence-corrected chi connectivity index (χ1v) is 5.79. The first-order chi connectivity index (χ1) is 7.99. The van der Waals surface area contributed by atoms with Gasteiger partial charge in [-0.2, -0.15) is 0 Å². The van der Waals surface area contributed by atoms with Crippen molar-refractivity contribution in [2.24, 2.45) is 5.73 Å². The quantitative estimate of drug-likeness (QED) is 0.721. The van der Waals surface area contributed by atoms with Crippen molar-refractivity contribution in [2.75, 3.05) is 11.9 Å². The van der Waals surface area contributed by atoms with Crippen molar-refractivity contribution in [3.8, 4) is 0 Å². The van der Waals surface area contributed by atoms with Crippen molar-refractivity contribution in [1.29, 1.82) is 0 Å². The van der Waals surface area contributed by atoms with E-state index in [1.54, 1.807) is 6.92 Å². The maximum atomic E-state index is 11.8. The van der Waals surface area contributed by atoms with Gasteiger partial charge in [-0.3, -0.25) is 4.79 Å². The molecule has 0 bridgehead atoms. The summed E-state index contributed by atoms with van der Waals surface area (Å²) in [7, 11) is 0. The number of amides is 1. The van der Waals surface area contributed by atoms with Crippen LogP contribution in [0.5, 0.6) is 0 Å². The highest BCUT2D eigenvalue weighted by atomic mass is 16.2. The molecule has 1 unspecified atom stereocenters. The van der Waals surface area contributed by atoms with Gasteiger partial charge in [0.2, 0.25) is 5.91 Å². The largest absolute Gasteiger partial charge is 0.396 e. The summed E-state index contributed by atoms with van der Waals surface area (Å²) in [6.07, 6.45) is 1.21. The molecule has 1 rings (SSSR count). The molecule has 17 heavy (non-hydrogen) atoms. The van der Waals surface area contributed by atoms with Crippen LogP contribution < -0.4 is 11.1 Å². The molecule has 94 valence electrons. The van der Waals surface area contributed by atoms with Crippen LogP contribution >= 0.6 is 0 Å². The van der Waals surface area contributed by atoms with Crippen molar-refractivity contribution in [3.05, 3.63) is 29.8 Å². The third-order valence-electron chi connectivity index (χ3n) is 2.87. The second kappa shape index (κ2) is 5.80. The topological polar surface area (TPSA) is 75.4 Å². The third kappa shape index (κ3) is 3.84. The van der Waals surface area contributed by atoms with Crippen molar-refractivity contribution < 1.29 is 9.90 Å². The van der Waals surface area contributed by atoms with Gasteiger partial charge in [-0.15, -0.1) is 0 Å². The smallest absolute Gasteiger partial charge is 0.244 e. The number of anilines is 1. The van der Waals surface area contributed by atoms with E-state index in [1.807, 2.05) is 31.2 Å². The minimum absolute atomic E-state index is 0.127. The molecule has 0 aromatic heterocycles. The summed E-state index contributed by atoms with van der Waals surface area (Å²) in [5.74, 6) is -0.185. The fourth-order valence-corrected chi connectivity index (χ4v) is 1.32. The number of nitrogens with one attached hydrogen (secondary N) is 1. The zero-order chi connectivity index (χ0) is 12.9. The number of nitrogens with two attached hydrogens (primary N) is 1. The highest BCUT2D eigenvalue weighted by molar-refractivity contribution is 5.97. The van der Waals surface area contributed by atoms with Crippen LogP contribution in [0.25, 0.3) is 0 Å². The molecular weight excluding hydrogens is 216 g/mol. The lowest BCUT2D eigenvalue weighted by molar-refractivity contribution is -0.120. The van der Waals surface area contributed by atoms with E-state index in [-0.39, 0.29) is 12.5 Å². The van der Waals surface area contributed by atoms with Crippen molar-refractivity contribution in [2.45, 2.75) is 32.2 Å². The summed E-state index contributed by atoms with van der Waals surface area (Å²) in [5, 5.41) is 11.6. The molecule has 0 spiro atoms. The Labute approximate surface area is 102 Å². The van der Waals surface area contributed by atoms with Gasteiger partial charge in [0.05, 0.1) is 5.54 Å². The van der Waals surface area contributed by atoms with Crippen molar-refractivity contribution in [1.82, 2.24) is 0 Å². The second-order valence-electron chi connectivity index (χ2n) is 4.40.